The van der Waals surface area contributed by atoms with Crippen LogP contribution in [0.1, 0.15) is 44.1 Å². The van der Waals surface area contributed by atoms with Crippen LogP contribution in [0.2, 0.25) is 0 Å². The van der Waals surface area contributed by atoms with E-state index < -0.39 is 11.7 Å². The average Bonchev–Trinajstić information content (AvgIpc) is 3.16. The minimum atomic E-state index is -4.37. The number of nitrogens with zero attached hydrogens (tertiary/aromatic N) is 2. The van der Waals surface area contributed by atoms with E-state index in [9.17, 15) is 13.2 Å². The van der Waals surface area contributed by atoms with E-state index in [2.05, 4.69) is 28.6 Å². The average molecular weight is 569 g/mol. The molecule has 1 aromatic rings. The van der Waals surface area contributed by atoms with Crippen LogP contribution in [0, 0.1) is 5.41 Å². The first-order valence-electron chi connectivity index (χ1n) is 9.61. The molecule has 1 aliphatic heterocycles. The number of halogens is 3. The van der Waals surface area contributed by atoms with Crippen LogP contribution < -0.4 is 4.74 Å². The number of pyridine rings is 1. The molecule has 1 aliphatic carbocycles. The van der Waals surface area contributed by atoms with Crippen molar-refractivity contribution in [1.29, 1.82) is 0 Å². The standard InChI is InChI=1S/C21H25F3N2O.Os/c1-2-3-10-20(11-4-5-12-20)16-26-13-8-18(9-14-26)27-19-7-6-17(15-25-19)21(22,23)24;/h2-3,6-7,10,15,18H,1,4-5,8-9,11-14H2;. The van der Waals surface area contributed by atoms with E-state index in [1.807, 2.05) is 24.2 Å². The number of likely N-dealkylation sites (tertiary alicyclic amines) is 1. The molecule has 2 heterocycles. The number of piperidine rings is 1. The van der Waals surface area contributed by atoms with Crippen LogP contribution in [-0.4, -0.2) is 33.3 Å². The van der Waals surface area contributed by atoms with Gasteiger partial charge in [-0.2, -0.15) is 0 Å². The molecule has 1 saturated carbocycles. The van der Waals surface area contributed by atoms with Crippen molar-refractivity contribution in [2.75, 3.05) is 13.1 Å². The molecular weight excluding hydrogens is 543 g/mol. The van der Waals surface area contributed by atoms with Crippen molar-refractivity contribution >= 4 is 4.19 Å². The maximum atomic E-state index is 12.6. The Hall–Kier alpha value is -1.31. The predicted molar refractivity (Wildman–Crippen MR) is 99.7 cm³/mol. The van der Waals surface area contributed by atoms with Crippen LogP contribution in [0.25, 0.3) is 0 Å². The molecule has 0 aromatic carbocycles. The summed E-state index contributed by atoms with van der Waals surface area (Å²) in [6, 6.07) is 2.33. The van der Waals surface area contributed by atoms with Crippen LogP contribution in [0.4, 0.5) is 13.2 Å². The zero-order valence-electron chi connectivity index (χ0n) is 15.7. The second-order valence-corrected chi connectivity index (χ2v) is 8.63. The van der Waals surface area contributed by atoms with Crippen LogP contribution in [0.5, 0.6) is 5.88 Å². The summed E-state index contributed by atoms with van der Waals surface area (Å²) >= 11 is 1.99. The van der Waals surface area contributed by atoms with Gasteiger partial charge in [0.1, 0.15) is 0 Å². The summed E-state index contributed by atoms with van der Waals surface area (Å²) in [5, 5.41) is 0. The topological polar surface area (TPSA) is 25.4 Å². The van der Waals surface area contributed by atoms with Gasteiger partial charge < -0.3 is 0 Å². The van der Waals surface area contributed by atoms with Crippen LogP contribution in [0.15, 0.2) is 43.1 Å². The summed E-state index contributed by atoms with van der Waals surface area (Å²) in [6.07, 6.45) is 9.20. The molecule has 0 atom stereocenters. The normalized spacial score (nSPS) is 21.1. The van der Waals surface area contributed by atoms with Crippen molar-refractivity contribution in [2.24, 2.45) is 5.41 Å². The Morgan fingerprint density at radius 2 is 1.93 bits per heavy atom. The first kappa shape index (κ1) is 21.4. The first-order valence-corrected chi connectivity index (χ1v) is 10.9. The van der Waals surface area contributed by atoms with Gasteiger partial charge in [0.25, 0.3) is 0 Å². The molecule has 0 spiro atoms. The molecule has 3 nitrogen and oxygen atoms in total. The van der Waals surface area contributed by atoms with Gasteiger partial charge >= 0.3 is 174 Å². The molecule has 2 aliphatic rings. The van der Waals surface area contributed by atoms with Crippen LogP contribution >= 0.6 is 0 Å². The van der Waals surface area contributed by atoms with E-state index in [0.717, 1.165) is 38.2 Å². The number of allylic oxidation sites excluding steroid dienone is 2. The SMILES string of the molecule is C=CC=CC1([C](=[Os])N2CCC(Oc3ccc(C(F)(F)F)cn3)CC2)CCCC1. The summed E-state index contributed by atoms with van der Waals surface area (Å²) in [6.45, 7) is 5.59. The van der Waals surface area contributed by atoms with E-state index >= 15 is 0 Å². The van der Waals surface area contributed by atoms with E-state index in [1.54, 1.807) is 0 Å². The minimum absolute atomic E-state index is 0.0140. The second kappa shape index (κ2) is 9.01. The molecule has 0 N–H and O–H groups in total. The van der Waals surface area contributed by atoms with Crippen LogP contribution in [-0.2, 0) is 24.3 Å². The van der Waals surface area contributed by atoms with Gasteiger partial charge in [0, 0.05) is 0 Å². The molecule has 0 unspecified atom stereocenters. The number of hydrogen-bond donors (Lipinski definition) is 0. The van der Waals surface area contributed by atoms with Gasteiger partial charge in [-0.25, -0.2) is 0 Å². The number of ether oxygens (including phenoxy) is 1. The van der Waals surface area contributed by atoms with Gasteiger partial charge in [-0.3, -0.25) is 0 Å². The fourth-order valence-electron chi connectivity index (χ4n) is 3.96. The molecule has 28 heavy (non-hydrogen) atoms. The molecule has 0 radical (unpaired) electrons. The fourth-order valence-corrected chi connectivity index (χ4v) is 5.37. The Morgan fingerprint density at radius 1 is 1.25 bits per heavy atom. The number of aromatic nitrogens is 1. The van der Waals surface area contributed by atoms with Gasteiger partial charge in [0.05, 0.1) is 0 Å². The Bertz CT molecular complexity index is 716. The van der Waals surface area contributed by atoms with Crippen LogP contribution in [0.3, 0.4) is 0 Å². The molecule has 1 saturated heterocycles. The van der Waals surface area contributed by atoms with Crippen molar-refractivity contribution in [3.8, 4) is 5.88 Å². The third-order valence-electron chi connectivity index (χ3n) is 5.51. The van der Waals surface area contributed by atoms with Gasteiger partial charge in [-0.05, 0) is 0 Å². The fraction of sp³-hybridized carbons (Fsp3) is 0.524. The van der Waals surface area contributed by atoms with Gasteiger partial charge in [-0.15, -0.1) is 0 Å². The Labute approximate surface area is 174 Å². The third-order valence-corrected chi connectivity index (χ3v) is 7.58. The summed E-state index contributed by atoms with van der Waals surface area (Å²) in [4.78, 5) is 6.28. The number of alkyl halides is 3. The quantitative estimate of drug-likeness (QED) is 0.456. The molecule has 154 valence electrons. The molecular formula is C21H25F3N2OOs. The first-order chi connectivity index (χ1) is 13.3. The van der Waals surface area contributed by atoms with Gasteiger partial charge in [0.2, 0.25) is 0 Å². The molecule has 1 aromatic heterocycles. The molecule has 7 heteroatoms. The second-order valence-electron chi connectivity index (χ2n) is 7.42. The van der Waals surface area contributed by atoms with Crippen molar-refractivity contribution in [3.63, 3.8) is 0 Å². The van der Waals surface area contributed by atoms with Gasteiger partial charge in [0.15, 0.2) is 0 Å². The molecule has 0 bridgehead atoms. The summed E-state index contributed by atoms with van der Waals surface area (Å²) < 4.78 is 45.2. The number of rotatable bonds is 6. The predicted octanol–water partition coefficient (Wildman–Crippen LogP) is 4.92. The number of hydrogen-bond acceptors (Lipinski definition) is 3. The monoisotopic (exact) mass is 570 g/mol. The Kier molecular flexibility index (Phi) is 6.88. The Balaban J connectivity index is 1.56. The van der Waals surface area contributed by atoms with Crippen molar-refractivity contribution in [1.82, 2.24) is 9.88 Å². The van der Waals surface area contributed by atoms with E-state index in [-0.39, 0.29) is 17.4 Å². The van der Waals surface area contributed by atoms with E-state index in [0.29, 0.717) is 0 Å². The molecule has 3 rings (SSSR count). The Morgan fingerprint density at radius 3 is 2.46 bits per heavy atom. The molecule has 2 fully saturated rings. The summed E-state index contributed by atoms with van der Waals surface area (Å²) in [5.41, 5.74) is -0.606. The third kappa shape index (κ3) is 4.99. The van der Waals surface area contributed by atoms with E-state index in [4.69, 9.17) is 4.74 Å². The van der Waals surface area contributed by atoms with Crippen molar-refractivity contribution in [2.45, 2.75) is 50.8 Å². The zero-order valence-corrected chi connectivity index (χ0v) is 18.2. The summed E-state index contributed by atoms with van der Waals surface area (Å²) in [7, 11) is 0. The van der Waals surface area contributed by atoms with E-state index in [1.165, 1.54) is 35.9 Å². The van der Waals surface area contributed by atoms with Crippen molar-refractivity contribution in [3.05, 3.63) is 48.7 Å². The maximum absolute atomic E-state index is 12.6. The summed E-state index contributed by atoms with van der Waals surface area (Å²) in [5.74, 6) is 0.259. The molecule has 0 amide bonds. The van der Waals surface area contributed by atoms with Crippen molar-refractivity contribution < 1.29 is 36.1 Å². The van der Waals surface area contributed by atoms with Gasteiger partial charge in [-0.1, -0.05) is 0 Å². The zero-order chi connectivity index (χ0) is 20.2.